The maximum atomic E-state index is 13.0. The van der Waals surface area contributed by atoms with Gasteiger partial charge in [-0.2, -0.15) is 0 Å². The molecule has 0 aliphatic heterocycles. The number of benzene rings is 1. The first-order valence-electron chi connectivity index (χ1n) is 11.0. The van der Waals surface area contributed by atoms with Crippen molar-refractivity contribution in [1.82, 2.24) is 5.32 Å². The van der Waals surface area contributed by atoms with E-state index in [0.717, 1.165) is 24.8 Å². The molecule has 30 heavy (non-hydrogen) atoms. The van der Waals surface area contributed by atoms with E-state index in [1.165, 1.54) is 25.5 Å². The van der Waals surface area contributed by atoms with Gasteiger partial charge in [0.15, 0.2) is 9.84 Å². The van der Waals surface area contributed by atoms with Gasteiger partial charge >= 0.3 is 0 Å². The summed E-state index contributed by atoms with van der Waals surface area (Å²) in [4.78, 5) is 25.4. The number of nitrogens with one attached hydrogen (secondary N) is 2. The van der Waals surface area contributed by atoms with Crippen molar-refractivity contribution in [3.63, 3.8) is 0 Å². The number of hydrogen-bond acceptors (Lipinski definition) is 4. The van der Waals surface area contributed by atoms with Crippen molar-refractivity contribution in [2.24, 2.45) is 23.2 Å². The third kappa shape index (κ3) is 4.56. The molecule has 4 aliphatic carbocycles. The highest BCUT2D eigenvalue weighted by Gasteiger charge is 2.54. The Hall–Kier alpha value is -1.89. The van der Waals surface area contributed by atoms with E-state index in [4.69, 9.17) is 0 Å². The zero-order valence-electron chi connectivity index (χ0n) is 17.9. The number of sulfone groups is 1. The molecule has 2 amide bonds. The Labute approximate surface area is 179 Å². The summed E-state index contributed by atoms with van der Waals surface area (Å²) in [7, 11) is -3.15. The lowest BCUT2D eigenvalue weighted by Crippen LogP contribution is -2.53. The number of carbonyl (C=O) groups is 2. The van der Waals surface area contributed by atoms with Crippen LogP contribution >= 0.6 is 0 Å². The van der Waals surface area contributed by atoms with Gasteiger partial charge < -0.3 is 10.6 Å². The van der Waals surface area contributed by atoms with Crippen molar-refractivity contribution in [3.05, 3.63) is 29.3 Å². The van der Waals surface area contributed by atoms with Crippen molar-refractivity contribution in [2.45, 2.75) is 57.6 Å². The summed E-state index contributed by atoms with van der Waals surface area (Å²) in [6, 6.07) is 5.28. The number of carbonyl (C=O) groups excluding carboxylic acids is 2. The van der Waals surface area contributed by atoms with Gasteiger partial charge in [0.05, 0.1) is 5.75 Å². The Balaban J connectivity index is 1.30. The summed E-state index contributed by atoms with van der Waals surface area (Å²) in [6.45, 7) is 2.14. The normalized spacial score (nSPS) is 29.6. The Morgan fingerprint density at radius 1 is 1.07 bits per heavy atom. The second-order valence-corrected chi connectivity index (χ2v) is 12.1. The van der Waals surface area contributed by atoms with E-state index >= 15 is 0 Å². The summed E-state index contributed by atoms with van der Waals surface area (Å²) in [6.07, 6.45) is 8.35. The first-order valence-corrected chi connectivity index (χ1v) is 13.0. The Morgan fingerprint density at radius 3 is 2.23 bits per heavy atom. The molecule has 7 heteroatoms. The summed E-state index contributed by atoms with van der Waals surface area (Å²) in [5, 5.41) is 5.89. The van der Waals surface area contributed by atoms with Gasteiger partial charge in [-0.25, -0.2) is 8.42 Å². The van der Waals surface area contributed by atoms with Crippen LogP contribution in [0.5, 0.6) is 0 Å². The molecule has 164 valence electrons. The summed E-state index contributed by atoms with van der Waals surface area (Å²) >= 11 is 0. The lowest BCUT2D eigenvalue weighted by molar-refractivity contribution is -0.146. The molecule has 0 heterocycles. The van der Waals surface area contributed by atoms with Crippen LogP contribution in [0.2, 0.25) is 0 Å². The first-order chi connectivity index (χ1) is 14.1. The van der Waals surface area contributed by atoms with E-state index in [1.807, 2.05) is 6.92 Å². The molecule has 0 saturated heterocycles. The molecule has 6 nitrogen and oxygen atoms in total. The van der Waals surface area contributed by atoms with Gasteiger partial charge in [-0.15, -0.1) is 0 Å². The van der Waals surface area contributed by atoms with E-state index < -0.39 is 9.84 Å². The molecule has 5 rings (SSSR count). The number of rotatable bonds is 7. The molecule has 4 bridgehead atoms. The third-order valence-corrected chi connectivity index (χ3v) is 8.13. The SMILES string of the molecule is Cc1c(CS(C)(=O)=O)cccc1NC(=O)CCNC(=O)C12CC3CC(CC(C3)C1)C2. The quantitative estimate of drug-likeness (QED) is 0.692. The predicted molar refractivity (Wildman–Crippen MR) is 117 cm³/mol. The van der Waals surface area contributed by atoms with Crippen LogP contribution in [0, 0.1) is 30.1 Å². The molecule has 2 N–H and O–H groups in total. The number of anilines is 1. The van der Waals surface area contributed by atoms with Crippen molar-refractivity contribution < 1.29 is 18.0 Å². The average Bonchev–Trinajstić information content (AvgIpc) is 2.63. The lowest BCUT2D eigenvalue weighted by Gasteiger charge is -2.55. The molecule has 0 spiro atoms. The minimum absolute atomic E-state index is 0.0519. The van der Waals surface area contributed by atoms with Crippen molar-refractivity contribution in [1.29, 1.82) is 0 Å². The van der Waals surface area contributed by atoms with Crippen molar-refractivity contribution in [3.8, 4) is 0 Å². The van der Waals surface area contributed by atoms with E-state index in [1.54, 1.807) is 18.2 Å². The Morgan fingerprint density at radius 2 is 1.67 bits per heavy atom. The minimum Gasteiger partial charge on any atom is -0.355 e. The van der Waals surface area contributed by atoms with Crippen LogP contribution < -0.4 is 10.6 Å². The van der Waals surface area contributed by atoms with Crippen LogP contribution in [0.3, 0.4) is 0 Å². The van der Waals surface area contributed by atoms with E-state index in [0.29, 0.717) is 35.5 Å². The van der Waals surface area contributed by atoms with Crippen LogP contribution in [0.25, 0.3) is 0 Å². The van der Waals surface area contributed by atoms with Gasteiger partial charge in [-0.05, 0) is 80.4 Å². The zero-order valence-corrected chi connectivity index (χ0v) is 18.7. The highest BCUT2D eigenvalue weighted by molar-refractivity contribution is 7.89. The number of hydrogen-bond donors (Lipinski definition) is 2. The van der Waals surface area contributed by atoms with Gasteiger partial charge in [0, 0.05) is 30.3 Å². The van der Waals surface area contributed by atoms with Crippen molar-refractivity contribution >= 4 is 27.3 Å². The minimum atomic E-state index is -3.15. The zero-order chi connectivity index (χ0) is 21.5. The summed E-state index contributed by atoms with van der Waals surface area (Å²) in [5.41, 5.74) is 1.87. The molecule has 1 aromatic rings. The second-order valence-electron chi connectivity index (χ2n) is 9.91. The molecule has 1 aromatic carbocycles. The highest BCUT2D eigenvalue weighted by atomic mass is 32.2. The Bertz CT molecular complexity index is 919. The van der Waals surface area contributed by atoms with Gasteiger partial charge in [0.25, 0.3) is 0 Å². The molecular weight excluding hydrogens is 400 g/mol. The van der Waals surface area contributed by atoms with Gasteiger partial charge in [-0.3, -0.25) is 9.59 Å². The predicted octanol–water partition coefficient (Wildman–Crippen LogP) is 3.20. The van der Waals surface area contributed by atoms with Gasteiger partial charge in [-0.1, -0.05) is 12.1 Å². The van der Waals surface area contributed by atoms with Crippen LogP contribution in [0.15, 0.2) is 18.2 Å². The fourth-order valence-electron chi connectivity index (χ4n) is 6.34. The van der Waals surface area contributed by atoms with Crippen molar-refractivity contribution in [2.75, 3.05) is 18.1 Å². The Kier molecular flexibility index (Phi) is 5.68. The second kappa shape index (κ2) is 7.98. The van der Waals surface area contributed by atoms with Crippen LogP contribution in [-0.4, -0.2) is 33.0 Å². The monoisotopic (exact) mass is 432 g/mol. The number of amides is 2. The summed E-state index contributed by atoms with van der Waals surface area (Å²) < 4.78 is 23.2. The van der Waals surface area contributed by atoms with E-state index in [9.17, 15) is 18.0 Å². The fraction of sp³-hybridized carbons (Fsp3) is 0.652. The fourth-order valence-corrected chi connectivity index (χ4v) is 7.21. The molecule has 0 aromatic heterocycles. The summed E-state index contributed by atoms with van der Waals surface area (Å²) in [5.74, 6) is 2.05. The van der Waals surface area contributed by atoms with Crippen LogP contribution in [0.1, 0.15) is 56.1 Å². The molecule has 0 radical (unpaired) electrons. The van der Waals surface area contributed by atoms with Crippen LogP contribution in [-0.2, 0) is 25.2 Å². The topological polar surface area (TPSA) is 92.3 Å². The highest BCUT2D eigenvalue weighted by Crippen LogP contribution is 2.60. The molecule has 4 saturated carbocycles. The first kappa shape index (κ1) is 21.3. The third-order valence-electron chi connectivity index (χ3n) is 7.30. The molecular formula is C23H32N2O4S. The standard InChI is InChI=1S/C23H32N2O4S/c1-15-19(14-30(2,28)29)4-3-5-20(15)25-21(26)6-7-24-22(27)23-11-16-8-17(12-23)10-18(9-16)13-23/h3-5,16-18H,6-14H2,1-2H3,(H,24,27)(H,25,26). The lowest BCUT2D eigenvalue weighted by atomic mass is 9.49. The molecule has 0 atom stereocenters. The average molecular weight is 433 g/mol. The molecule has 4 fully saturated rings. The van der Waals surface area contributed by atoms with Gasteiger partial charge in [0.2, 0.25) is 11.8 Å². The maximum absolute atomic E-state index is 13.0. The largest absolute Gasteiger partial charge is 0.355 e. The van der Waals surface area contributed by atoms with Gasteiger partial charge in [0.1, 0.15) is 0 Å². The van der Waals surface area contributed by atoms with E-state index in [2.05, 4.69) is 10.6 Å². The van der Waals surface area contributed by atoms with Crippen LogP contribution in [0.4, 0.5) is 5.69 Å². The maximum Gasteiger partial charge on any atom is 0.226 e. The molecule has 4 aliphatic rings. The van der Waals surface area contributed by atoms with E-state index in [-0.39, 0.29) is 29.4 Å². The molecule has 0 unspecified atom stereocenters. The smallest absolute Gasteiger partial charge is 0.226 e.